The third-order valence-electron chi connectivity index (χ3n) is 4.67. The van der Waals surface area contributed by atoms with Crippen LogP contribution in [0.5, 0.6) is 0 Å². The summed E-state index contributed by atoms with van der Waals surface area (Å²) in [7, 11) is 0. The van der Waals surface area contributed by atoms with E-state index in [2.05, 4.69) is 36.9 Å². The van der Waals surface area contributed by atoms with Gasteiger partial charge in [0.25, 0.3) is 5.91 Å². The molecule has 1 heterocycles. The largest absolute Gasteiger partial charge is 0.368 e. The van der Waals surface area contributed by atoms with E-state index in [0.29, 0.717) is 28.7 Å². The molecule has 0 atom stereocenters. The number of piperazine rings is 1. The molecule has 3 rings (SSSR count). The summed E-state index contributed by atoms with van der Waals surface area (Å²) in [6.45, 7) is 7.25. The van der Waals surface area contributed by atoms with Crippen molar-refractivity contribution in [3.8, 4) is 0 Å². The maximum atomic E-state index is 12.7. The van der Waals surface area contributed by atoms with E-state index in [4.69, 9.17) is 23.2 Å². The van der Waals surface area contributed by atoms with E-state index < -0.39 is 0 Å². The first-order valence-electron chi connectivity index (χ1n) is 8.03. The highest BCUT2D eigenvalue weighted by atomic mass is 35.5. The molecular weight excluding hydrogens is 343 g/mol. The maximum absolute atomic E-state index is 12.7. The number of aryl methyl sites for hydroxylation is 1. The predicted molar refractivity (Wildman–Crippen MR) is 100 cm³/mol. The maximum Gasteiger partial charge on any atom is 0.255 e. The third-order valence-corrected chi connectivity index (χ3v) is 5.48. The minimum atomic E-state index is -0.0527. The molecular formula is C19H20Cl2N2O. The first kappa shape index (κ1) is 17.1. The van der Waals surface area contributed by atoms with Gasteiger partial charge in [0.05, 0.1) is 15.6 Å². The summed E-state index contributed by atoms with van der Waals surface area (Å²) in [5, 5.41) is 0.748. The summed E-state index contributed by atoms with van der Waals surface area (Å²) < 4.78 is 0. The summed E-state index contributed by atoms with van der Waals surface area (Å²) in [6, 6.07) is 11.5. The lowest BCUT2D eigenvalue weighted by molar-refractivity contribution is 0.0747. The molecule has 0 saturated carbocycles. The Morgan fingerprint density at radius 2 is 1.62 bits per heavy atom. The van der Waals surface area contributed by atoms with Crippen LogP contribution in [-0.4, -0.2) is 37.0 Å². The van der Waals surface area contributed by atoms with Crippen LogP contribution in [0, 0.1) is 13.8 Å². The molecule has 0 aliphatic carbocycles. The zero-order chi connectivity index (χ0) is 17.3. The highest BCUT2D eigenvalue weighted by Gasteiger charge is 2.25. The van der Waals surface area contributed by atoms with Crippen molar-refractivity contribution in [2.24, 2.45) is 0 Å². The van der Waals surface area contributed by atoms with Crippen LogP contribution in [0.2, 0.25) is 10.0 Å². The first-order chi connectivity index (χ1) is 11.5. The van der Waals surface area contributed by atoms with Crippen molar-refractivity contribution >= 4 is 34.8 Å². The van der Waals surface area contributed by atoms with Crippen molar-refractivity contribution in [1.82, 2.24) is 4.90 Å². The number of carbonyl (C=O) groups is 1. The molecule has 0 bridgehead atoms. The van der Waals surface area contributed by atoms with Crippen LogP contribution in [-0.2, 0) is 0 Å². The van der Waals surface area contributed by atoms with Crippen LogP contribution < -0.4 is 4.90 Å². The minimum Gasteiger partial charge on any atom is -0.368 e. The smallest absolute Gasteiger partial charge is 0.255 e. The van der Waals surface area contributed by atoms with Crippen molar-refractivity contribution in [2.75, 3.05) is 31.1 Å². The standard InChI is InChI=1S/C19H20Cl2N2O/c1-13-5-3-8-17(14(13)2)22-9-11-23(12-10-22)19(24)15-6-4-7-16(20)18(15)21/h3-8H,9-12H2,1-2H3. The third kappa shape index (κ3) is 3.24. The summed E-state index contributed by atoms with van der Waals surface area (Å²) in [6.07, 6.45) is 0. The Balaban J connectivity index is 1.72. The Labute approximate surface area is 152 Å². The van der Waals surface area contributed by atoms with Crippen LogP contribution in [0.4, 0.5) is 5.69 Å². The van der Waals surface area contributed by atoms with Crippen LogP contribution in [0.15, 0.2) is 36.4 Å². The van der Waals surface area contributed by atoms with Gasteiger partial charge in [0.15, 0.2) is 0 Å². The fourth-order valence-electron chi connectivity index (χ4n) is 3.07. The summed E-state index contributed by atoms with van der Waals surface area (Å²) >= 11 is 12.2. The van der Waals surface area contributed by atoms with Crippen molar-refractivity contribution in [1.29, 1.82) is 0 Å². The quantitative estimate of drug-likeness (QED) is 0.780. The van der Waals surface area contributed by atoms with Crippen molar-refractivity contribution in [2.45, 2.75) is 13.8 Å². The molecule has 1 aliphatic rings. The van der Waals surface area contributed by atoms with Crippen molar-refractivity contribution in [3.63, 3.8) is 0 Å². The number of halogens is 2. The molecule has 1 fully saturated rings. The molecule has 2 aromatic carbocycles. The summed E-state index contributed by atoms with van der Waals surface area (Å²) in [5.41, 5.74) is 4.32. The number of anilines is 1. The molecule has 1 saturated heterocycles. The van der Waals surface area contributed by atoms with Gasteiger partial charge in [0.1, 0.15) is 0 Å². The van der Waals surface area contributed by atoms with Crippen LogP contribution in [0.25, 0.3) is 0 Å². The SMILES string of the molecule is Cc1cccc(N2CCN(C(=O)c3cccc(Cl)c3Cl)CC2)c1C. The van der Waals surface area contributed by atoms with Crippen molar-refractivity contribution < 1.29 is 4.79 Å². The Bertz CT molecular complexity index is 768. The van der Waals surface area contributed by atoms with Gasteiger partial charge in [-0.05, 0) is 43.2 Å². The number of carbonyl (C=O) groups excluding carboxylic acids is 1. The summed E-state index contributed by atoms with van der Waals surface area (Å²) in [5.74, 6) is -0.0527. The predicted octanol–water partition coefficient (Wildman–Crippen LogP) is 4.57. The molecule has 0 spiro atoms. The van der Waals surface area contributed by atoms with Gasteiger partial charge in [-0.25, -0.2) is 0 Å². The van der Waals surface area contributed by atoms with Gasteiger partial charge < -0.3 is 9.80 Å². The average molecular weight is 363 g/mol. The second kappa shape index (κ2) is 7.04. The first-order valence-corrected chi connectivity index (χ1v) is 8.79. The topological polar surface area (TPSA) is 23.6 Å². The van der Waals surface area contributed by atoms with Gasteiger partial charge in [-0.3, -0.25) is 4.79 Å². The van der Waals surface area contributed by atoms with Gasteiger partial charge in [0, 0.05) is 31.9 Å². The van der Waals surface area contributed by atoms with Crippen LogP contribution in [0.3, 0.4) is 0 Å². The van der Waals surface area contributed by atoms with E-state index in [9.17, 15) is 4.79 Å². The molecule has 126 valence electrons. The average Bonchev–Trinajstić information content (AvgIpc) is 2.59. The number of hydrogen-bond acceptors (Lipinski definition) is 2. The molecule has 0 unspecified atom stereocenters. The number of amides is 1. The Morgan fingerprint density at radius 3 is 2.33 bits per heavy atom. The highest BCUT2D eigenvalue weighted by Crippen LogP contribution is 2.28. The van der Waals surface area contributed by atoms with Gasteiger partial charge in [-0.1, -0.05) is 41.4 Å². The molecule has 0 aromatic heterocycles. The van der Waals surface area contributed by atoms with Crippen LogP contribution >= 0.6 is 23.2 Å². The molecule has 3 nitrogen and oxygen atoms in total. The van der Waals surface area contributed by atoms with E-state index in [1.807, 2.05) is 4.90 Å². The second-order valence-electron chi connectivity index (χ2n) is 6.10. The van der Waals surface area contributed by atoms with E-state index >= 15 is 0 Å². The summed E-state index contributed by atoms with van der Waals surface area (Å²) in [4.78, 5) is 16.9. The molecule has 1 aliphatic heterocycles. The molecule has 0 N–H and O–H groups in total. The lowest BCUT2D eigenvalue weighted by Gasteiger charge is -2.37. The lowest BCUT2D eigenvalue weighted by Crippen LogP contribution is -2.49. The Morgan fingerprint density at radius 1 is 0.958 bits per heavy atom. The minimum absolute atomic E-state index is 0.0527. The van der Waals surface area contributed by atoms with Gasteiger partial charge in [-0.15, -0.1) is 0 Å². The molecule has 1 amide bonds. The number of nitrogens with zero attached hydrogens (tertiary/aromatic N) is 2. The number of hydrogen-bond donors (Lipinski definition) is 0. The normalized spacial score (nSPS) is 14.8. The fraction of sp³-hybridized carbons (Fsp3) is 0.316. The highest BCUT2D eigenvalue weighted by molar-refractivity contribution is 6.43. The van der Waals surface area contributed by atoms with E-state index in [1.54, 1.807) is 18.2 Å². The van der Waals surface area contributed by atoms with E-state index in [0.717, 1.165) is 13.1 Å². The Hall–Kier alpha value is -1.71. The monoisotopic (exact) mass is 362 g/mol. The zero-order valence-electron chi connectivity index (χ0n) is 13.9. The molecule has 24 heavy (non-hydrogen) atoms. The van der Waals surface area contributed by atoms with E-state index in [1.165, 1.54) is 16.8 Å². The molecule has 2 aromatic rings. The number of benzene rings is 2. The second-order valence-corrected chi connectivity index (χ2v) is 6.88. The fourth-order valence-corrected chi connectivity index (χ4v) is 3.45. The molecule has 5 heteroatoms. The van der Waals surface area contributed by atoms with Gasteiger partial charge in [-0.2, -0.15) is 0 Å². The van der Waals surface area contributed by atoms with Crippen LogP contribution in [0.1, 0.15) is 21.5 Å². The van der Waals surface area contributed by atoms with Gasteiger partial charge >= 0.3 is 0 Å². The van der Waals surface area contributed by atoms with Gasteiger partial charge in [0.2, 0.25) is 0 Å². The lowest BCUT2D eigenvalue weighted by atomic mass is 10.1. The van der Waals surface area contributed by atoms with Crippen molar-refractivity contribution in [3.05, 3.63) is 63.1 Å². The zero-order valence-corrected chi connectivity index (χ0v) is 15.4. The van der Waals surface area contributed by atoms with E-state index in [-0.39, 0.29) is 5.91 Å². The molecule has 0 radical (unpaired) electrons. The Kier molecular flexibility index (Phi) is 5.02. The number of rotatable bonds is 2.